The highest BCUT2D eigenvalue weighted by molar-refractivity contribution is 7.85. The van der Waals surface area contributed by atoms with Crippen LogP contribution in [0, 0.1) is 0 Å². The first-order valence-electron chi connectivity index (χ1n) is 5.66. The molecule has 1 atom stereocenters. The Labute approximate surface area is 107 Å². The standard InChI is InChI=1S/C11H15N3O3S/c1-18(17)11(3-2-4-11)7-14-9-6-12-8(5-13-9)10(15)16/h5-6H,2-4,7H2,1H3,(H,13,14)(H,15,16). The minimum absolute atomic E-state index is 0.0852. The van der Waals surface area contributed by atoms with Crippen molar-refractivity contribution in [2.75, 3.05) is 18.1 Å². The summed E-state index contributed by atoms with van der Waals surface area (Å²) in [5.74, 6) is -0.587. The molecule has 2 N–H and O–H groups in total. The molecule has 1 fully saturated rings. The molecule has 0 bridgehead atoms. The van der Waals surface area contributed by atoms with Crippen molar-refractivity contribution in [2.24, 2.45) is 0 Å². The molecule has 98 valence electrons. The molecular weight excluding hydrogens is 254 g/mol. The second kappa shape index (κ2) is 5.01. The smallest absolute Gasteiger partial charge is 0.356 e. The van der Waals surface area contributed by atoms with Gasteiger partial charge in [0.1, 0.15) is 5.82 Å². The number of aromatic carboxylic acids is 1. The summed E-state index contributed by atoms with van der Waals surface area (Å²) in [7, 11) is -0.872. The van der Waals surface area contributed by atoms with Crippen LogP contribution in [0.25, 0.3) is 0 Å². The number of nitrogens with zero attached hydrogens (tertiary/aromatic N) is 2. The van der Waals surface area contributed by atoms with Gasteiger partial charge < -0.3 is 10.4 Å². The highest BCUT2D eigenvalue weighted by Gasteiger charge is 2.40. The fraction of sp³-hybridized carbons (Fsp3) is 0.545. The summed E-state index contributed by atoms with van der Waals surface area (Å²) in [6, 6.07) is 0. The molecule has 7 heteroatoms. The van der Waals surface area contributed by atoms with Gasteiger partial charge in [0.15, 0.2) is 5.69 Å². The molecule has 0 saturated heterocycles. The second-order valence-corrected chi connectivity index (χ2v) is 6.21. The Morgan fingerprint density at radius 3 is 2.61 bits per heavy atom. The molecule has 1 aromatic heterocycles. The van der Waals surface area contributed by atoms with Crippen LogP contribution in [0.4, 0.5) is 5.82 Å². The van der Waals surface area contributed by atoms with E-state index < -0.39 is 16.8 Å². The Bertz CT molecular complexity index is 471. The van der Waals surface area contributed by atoms with Gasteiger partial charge in [-0.05, 0) is 12.8 Å². The summed E-state index contributed by atoms with van der Waals surface area (Å²) in [5.41, 5.74) is -0.0852. The highest BCUT2D eigenvalue weighted by atomic mass is 32.2. The molecule has 1 saturated carbocycles. The quantitative estimate of drug-likeness (QED) is 0.824. The molecule has 0 radical (unpaired) electrons. The average Bonchev–Trinajstić information content (AvgIpc) is 2.27. The molecule has 1 aliphatic rings. The van der Waals surface area contributed by atoms with Crippen LogP contribution >= 0.6 is 0 Å². The monoisotopic (exact) mass is 269 g/mol. The summed E-state index contributed by atoms with van der Waals surface area (Å²) in [4.78, 5) is 18.3. The largest absolute Gasteiger partial charge is 0.476 e. The molecule has 0 aliphatic heterocycles. The van der Waals surface area contributed by atoms with Gasteiger partial charge in [-0.25, -0.2) is 14.8 Å². The third-order valence-corrected chi connectivity index (χ3v) is 5.11. The maximum absolute atomic E-state index is 11.7. The lowest BCUT2D eigenvalue weighted by atomic mass is 9.84. The highest BCUT2D eigenvalue weighted by Crippen LogP contribution is 2.36. The van der Waals surface area contributed by atoms with Gasteiger partial charge >= 0.3 is 5.97 Å². The fourth-order valence-corrected chi connectivity index (χ4v) is 3.06. The number of nitrogens with one attached hydrogen (secondary N) is 1. The minimum atomic E-state index is -1.10. The van der Waals surface area contributed by atoms with Crippen LogP contribution < -0.4 is 5.32 Å². The minimum Gasteiger partial charge on any atom is -0.476 e. The molecule has 1 aliphatic carbocycles. The lowest BCUT2D eigenvalue weighted by Gasteiger charge is -2.39. The van der Waals surface area contributed by atoms with E-state index >= 15 is 0 Å². The first-order valence-corrected chi connectivity index (χ1v) is 7.22. The van der Waals surface area contributed by atoms with Crippen molar-refractivity contribution in [1.82, 2.24) is 9.97 Å². The number of carboxylic acid groups (broad SMARTS) is 1. The number of aromatic nitrogens is 2. The summed E-state index contributed by atoms with van der Waals surface area (Å²) in [5, 5.41) is 11.8. The number of carboxylic acids is 1. The molecule has 0 spiro atoms. The SMILES string of the molecule is CS(=O)C1(CNc2cnc(C(=O)O)cn2)CCC1. The van der Waals surface area contributed by atoms with Gasteiger partial charge in [-0.1, -0.05) is 6.42 Å². The Morgan fingerprint density at radius 2 is 2.22 bits per heavy atom. The van der Waals surface area contributed by atoms with Gasteiger partial charge in [-0.15, -0.1) is 0 Å². The van der Waals surface area contributed by atoms with Gasteiger partial charge in [0.05, 0.1) is 17.1 Å². The van der Waals surface area contributed by atoms with E-state index in [1.807, 2.05) is 0 Å². The van der Waals surface area contributed by atoms with Crippen molar-refractivity contribution in [2.45, 2.75) is 24.0 Å². The Hall–Kier alpha value is -1.50. The molecule has 1 unspecified atom stereocenters. The van der Waals surface area contributed by atoms with Crippen LogP contribution in [-0.2, 0) is 10.8 Å². The van der Waals surface area contributed by atoms with Crippen LogP contribution in [0.15, 0.2) is 12.4 Å². The third-order valence-electron chi connectivity index (χ3n) is 3.34. The molecule has 18 heavy (non-hydrogen) atoms. The molecule has 0 aromatic carbocycles. The molecule has 0 amide bonds. The van der Waals surface area contributed by atoms with Crippen molar-refractivity contribution in [3.63, 3.8) is 0 Å². The first kappa shape index (κ1) is 12.9. The Balaban J connectivity index is 1.98. The maximum Gasteiger partial charge on any atom is 0.356 e. The number of anilines is 1. The van der Waals surface area contributed by atoms with Crippen molar-refractivity contribution in [1.29, 1.82) is 0 Å². The number of carbonyl (C=O) groups is 1. The van der Waals surface area contributed by atoms with E-state index in [0.717, 1.165) is 19.3 Å². The van der Waals surface area contributed by atoms with Crippen molar-refractivity contribution in [3.05, 3.63) is 18.1 Å². The molecule has 1 heterocycles. The molecule has 6 nitrogen and oxygen atoms in total. The topological polar surface area (TPSA) is 92.2 Å². The number of rotatable bonds is 5. The second-order valence-electron chi connectivity index (χ2n) is 4.44. The zero-order chi connectivity index (χ0) is 13.2. The lowest BCUT2D eigenvalue weighted by molar-refractivity contribution is 0.0690. The summed E-state index contributed by atoms with van der Waals surface area (Å²) < 4.78 is 11.5. The average molecular weight is 269 g/mol. The zero-order valence-electron chi connectivity index (χ0n) is 10.0. The van der Waals surface area contributed by atoms with Crippen LogP contribution in [0.5, 0.6) is 0 Å². The third kappa shape index (κ3) is 2.50. The maximum atomic E-state index is 11.7. The molecule has 2 rings (SSSR count). The van der Waals surface area contributed by atoms with Gasteiger partial charge in [-0.2, -0.15) is 0 Å². The van der Waals surface area contributed by atoms with Crippen LogP contribution in [0.2, 0.25) is 0 Å². The molecule has 1 aromatic rings. The van der Waals surface area contributed by atoms with E-state index in [1.165, 1.54) is 12.4 Å². The molecular formula is C11H15N3O3S. The summed E-state index contributed by atoms with van der Waals surface area (Å²) in [6.07, 6.45) is 7.31. The predicted octanol–water partition coefficient (Wildman–Crippen LogP) is 0.888. The Kier molecular flexibility index (Phi) is 3.60. The number of hydrogen-bond donors (Lipinski definition) is 2. The van der Waals surface area contributed by atoms with E-state index in [2.05, 4.69) is 15.3 Å². The van der Waals surface area contributed by atoms with Gasteiger partial charge in [0.2, 0.25) is 0 Å². The summed E-state index contributed by atoms with van der Waals surface area (Å²) in [6.45, 7) is 0.581. The van der Waals surface area contributed by atoms with Crippen molar-refractivity contribution >= 4 is 22.6 Å². The summed E-state index contributed by atoms with van der Waals surface area (Å²) >= 11 is 0. The van der Waals surface area contributed by atoms with Crippen molar-refractivity contribution in [3.8, 4) is 0 Å². The van der Waals surface area contributed by atoms with Crippen LogP contribution in [0.1, 0.15) is 29.8 Å². The first-order chi connectivity index (χ1) is 8.53. The van der Waals surface area contributed by atoms with Crippen LogP contribution in [0.3, 0.4) is 0 Å². The predicted molar refractivity (Wildman–Crippen MR) is 68.1 cm³/mol. The fourth-order valence-electron chi connectivity index (χ4n) is 1.92. The Morgan fingerprint density at radius 1 is 1.50 bits per heavy atom. The van der Waals surface area contributed by atoms with E-state index in [0.29, 0.717) is 12.4 Å². The van der Waals surface area contributed by atoms with E-state index in [9.17, 15) is 9.00 Å². The van der Waals surface area contributed by atoms with Gasteiger partial charge in [0.25, 0.3) is 0 Å². The van der Waals surface area contributed by atoms with Gasteiger partial charge in [-0.3, -0.25) is 4.21 Å². The lowest BCUT2D eigenvalue weighted by Crippen LogP contribution is -2.47. The zero-order valence-corrected chi connectivity index (χ0v) is 10.9. The van der Waals surface area contributed by atoms with Gasteiger partial charge in [0, 0.05) is 23.6 Å². The van der Waals surface area contributed by atoms with Crippen LogP contribution in [-0.4, -0.2) is 42.8 Å². The number of hydrogen-bond acceptors (Lipinski definition) is 5. The van der Waals surface area contributed by atoms with E-state index in [-0.39, 0.29) is 10.4 Å². The van der Waals surface area contributed by atoms with E-state index in [4.69, 9.17) is 5.11 Å². The van der Waals surface area contributed by atoms with Crippen molar-refractivity contribution < 1.29 is 14.1 Å². The normalized spacial score (nSPS) is 18.7. The van der Waals surface area contributed by atoms with E-state index in [1.54, 1.807) is 6.26 Å².